The lowest BCUT2D eigenvalue weighted by molar-refractivity contribution is -0.130. The first-order valence-corrected chi connectivity index (χ1v) is 7.23. The molecule has 3 amide bonds. The summed E-state index contributed by atoms with van der Waals surface area (Å²) >= 11 is 5.84. The van der Waals surface area contributed by atoms with E-state index in [-0.39, 0.29) is 18.0 Å². The molecule has 0 saturated carbocycles. The van der Waals surface area contributed by atoms with E-state index in [0.29, 0.717) is 17.1 Å². The molecular weight excluding hydrogens is 292 g/mol. The third kappa shape index (κ3) is 3.08. The second kappa shape index (κ2) is 6.26. The number of halogens is 1. The summed E-state index contributed by atoms with van der Waals surface area (Å²) in [7, 11) is 1.67. The molecule has 112 valence electrons. The Morgan fingerprint density at radius 1 is 1.24 bits per heavy atom. The van der Waals surface area contributed by atoms with Crippen molar-refractivity contribution >= 4 is 29.3 Å². The van der Waals surface area contributed by atoms with Gasteiger partial charge in [-0.25, -0.2) is 0 Å². The molecule has 1 aromatic rings. The maximum absolute atomic E-state index is 12.2. The first-order valence-electron chi connectivity index (χ1n) is 6.85. The van der Waals surface area contributed by atoms with Crippen LogP contribution in [0, 0.1) is 0 Å². The Hall–Kier alpha value is -1.88. The van der Waals surface area contributed by atoms with Crippen molar-refractivity contribution in [3.05, 3.63) is 34.3 Å². The minimum Gasteiger partial charge on any atom is -0.344 e. The lowest BCUT2D eigenvalue weighted by atomic mass is 10.1. The number of carbonyl (C=O) groups is 3. The van der Waals surface area contributed by atoms with Gasteiger partial charge in [0, 0.05) is 18.6 Å². The lowest BCUT2D eigenvalue weighted by Gasteiger charge is -2.20. The highest BCUT2D eigenvalue weighted by Gasteiger charge is 2.37. The predicted molar refractivity (Wildman–Crippen MR) is 79.4 cm³/mol. The molecule has 0 aliphatic carbocycles. The summed E-state index contributed by atoms with van der Waals surface area (Å²) in [4.78, 5) is 39.0. The van der Waals surface area contributed by atoms with E-state index in [4.69, 9.17) is 11.6 Å². The molecular formula is C15H17ClN2O3. The fourth-order valence-electron chi connectivity index (χ4n) is 2.18. The Kier molecular flexibility index (Phi) is 4.63. The molecule has 5 nitrogen and oxygen atoms in total. The molecule has 0 bridgehead atoms. The molecule has 0 aromatic heterocycles. The van der Waals surface area contributed by atoms with Crippen LogP contribution < -0.4 is 0 Å². The van der Waals surface area contributed by atoms with Gasteiger partial charge in [0.05, 0.1) is 11.1 Å². The van der Waals surface area contributed by atoms with Gasteiger partial charge in [0.2, 0.25) is 5.91 Å². The number of amides is 3. The van der Waals surface area contributed by atoms with Crippen molar-refractivity contribution in [1.82, 2.24) is 9.80 Å². The average Bonchev–Trinajstić information content (AvgIpc) is 2.69. The number of imide groups is 1. The van der Waals surface area contributed by atoms with E-state index in [1.165, 1.54) is 12.1 Å². The van der Waals surface area contributed by atoms with Crippen LogP contribution in [0.5, 0.6) is 0 Å². The van der Waals surface area contributed by atoms with Crippen molar-refractivity contribution in [2.24, 2.45) is 0 Å². The molecule has 2 rings (SSSR count). The van der Waals surface area contributed by atoms with Gasteiger partial charge in [0.25, 0.3) is 11.8 Å². The van der Waals surface area contributed by atoms with E-state index < -0.39 is 11.8 Å². The zero-order valence-corrected chi connectivity index (χ0v) is 12.8. The van der Waals surface area contributed by atoms with Crippen LogP contribution >= 0.6 is 11.6 Å². The monoisotopic (exact) mass is 308 g/mol. The third-order valence-corrected chi connectivity index (χ3v) is 3.73. The third-order valence-electron chi connectivity index (χ3n) is 3.50. The largest absolute Gasteiger partial charge is 0.344 e. The fourth-order valence-corrected chi connectivity index (χ4v) is 2.35. The number of fused-ring (bicyclic) bond motifs is 1. The lowest BCUT2D eigenvalue weighted by Crippen LogP contribution is -2.41. The van der Waals surface area contributed by atoms with E-state index >= 15 is 0 Å². The number of benzene rings is 1. The molecule has 0 unspecified atom stereocenters. The second-order valence-corrected chi connectivity index (χ2v) is 5.49. The summed E-state index contributed by atoms with van der Waals surface area (Å²) in [6.07, 6.45) is 1.86. The van der Waals surface area contributed by atoms with Crippen LogP contribution in [0.15, 0.2) is 18.2 Å². The van der Waals surface area contributed by atoms with E-state index in [1.807, 2.05) is 6.92 Å². The standard InChI is InChI=1S/C15H17ClN2O3/c1-3-4-7-17(2)13(19)9-18-14(20)11-6-5-10(16)8-12(11)15(18)21/h5-6,8H,3-4,7,9H2,1-2H3. The second-order valence-electron chi connectivity index (χ2n) is 5.06. The quantitative estimate of drug-likeness (QED) is 0.784. The molecule has 1 aliphatic rings. The highest BCUT2D eigenvalue weighted by molar-refractivity contribution is 6.32. The fraction of sp³-hybridized carbons (Fsp3) is 0.400. The van der Waals surface area contributed by atoms with E-state index in [9.17, 15) is 14.4 Å². The summed E-state index contributed by atoms with van der Waals surface area (Å²) in [5.41, 5.74) is 0.560. The van der Waals surface area contributed by atoms with Crippen LogP contribution in [0.1, 0.15) is 40.5 Å². The van der Waals surface area contributed by atoms with E-state index in [1.54, 1.807) is 18.0 Å². The molecule has 21 heavy (non-hydrogen) atoms. The van der Waals surface area contributed by atoms with Crippen molar-refractivity contribution in [2.45, 2.75) is 19.8 Å². The summed E-state index contributed by atoms with van der Waals surface area (Å²) in [5, 5.41) is 0.392. The highest BCUT2D eigenvalue weighted by atomic mass is 35.5. The summed E-state index contributed by atoms with van der Waals surface area (Å²) in [6.45, 7) is 2.42. The maximum Gasteiger partial charge on any atom is 0.262 e. The smallest absolute Gasteiger partial charge is 0.262 e. The molecule has 0 radical (unpaired) electrons. The Bertz CT molecular complexity index is 601. The van der Waals surface area contributed by atoms with Crippen molar-refractivity contribution in [3.63, 3.8) is 0 Å². The van der Waals surface area contributed by atoms with Crippen LogP contribution in [-0.2, 0) is 4.79 Å². The Labute approximate surface area is 128 Å². The van der Waals surface area contributed by atoms with Crippen LogP contribution in [0.2, 0.25) is 5.02 Å². The van der Waals surface area contributed by atoms with Crippen molar-refractivity contribution in [3.8, 4) is 0 Å². The highest BCUT2D eigenvalue weighted by Crippen LogP contribution is 2.25. The van der Waals surface area contributed by atoms with Crippen molar-refractivity contribution in [2.75, 3.05) is 20.1 Å². The topological polar surface area (TPSA) is 57.7 Å². The van der Waals surface area contributed by atoms with Gasteiger partial charge in [-0.15, -0.1) is 0 Å². The van der Waals surface area contributed by atoms with Gasteiger partial charge in [-0.2, -0.15) is 0 Å². The molecule has 0 atom stereocenters. The van der Waals surface area contributed by atoms with Gasteiger partial charge in [-0.1, -0.05) is 24.9 Å². The minimum atomic E-state index is -0.463. The molecule has 0 saturated heterocycles. The number of rotatable bonds is 5. The molecule has 0 N–H and O–H groups in total. The van der Waals surface area contributed by atoms with Gasteiger partial charge in [-0.3, -0.25) is 19.3 Å². The zero-order chi connectivity index (χ0) is 15.6. The molecule has 1 heterocycles. The number of hydrogen-bond acceptors (Lipinski definition) is 3. The first-order chi connectivity index (χ1) is 9.95. The summed E-state index contributed by atoms with van der Waals surface area (Å²) in [5.74, 6) is -1.15. The van der Waals surface area contributed by atoms with Gasteiger partial charge < -0.3 is 4.90 Å². The Balaban J connectivity index is 2.11. The van der Waals surface area contributed by atoms with Crippen LogP contribution in [0.4, 0.5) is 0 Å². The molecule has 0 fully saturated rings. The molecule has 6 heteroatoms. The van der Waals surface area contributed by atoms with Crippen LogP contribution in [0.3, 0.4) is 0 Å². The number of nitrogens with zero attached hydrogens (tertiary/aromatic N) is 2. The molecule has 1 aromatic carbocycles. The first kappa shape index (κ1) is 15.5. The van der Waals surface area contributed by atoms with E-state index in [2.05, 4.69) is 0 Å². The van der Waals surface area contributed by atoms with E-state index in [0.717, 1.165) is 17.7 Å². The van der Waals surface area contributed by atoms with Gasteiger partial charge in [-0.05, 0) is 24.6 Å². The van der Waals surface area contributed by atoms with Gasteiger partial charge in [0.1, 0.15) is 6.54 Å². The van der Waals surface area contributed by atoms with Gasteiger partial charge >= 0.3 is 0 Å². The SMILES string of the molecule is CCCCN(C)C(=O)CN1C(=O)c2ccc(Cl)cc2C1=O. The number of hydrogen-bond donors (Lipinski definition) is 0. The Morgan fingerprint density at radius 2 is 1.90 bits per heavy atom. The maximum atomic E-state index is 12.2. The van der Waals surface area contributed by atoms with Crippen molar-refractivity contribution in [1.29, 1.82) is 0 Å². The zero-order valence-electron chi connectivity index (χ0n) is 12.1. The minimum absolute atomic E-state index is 0.232. The summed E-state index contributed by atoms with van der Waals surface area (Å²) in [6, 6.07) is 4.54. The molecule has 1 aliphatic heterocycles. The number of carbonyl (C=O) groups excluding carboxylic acids is 3. The van der Waals surface area contributed by atoms with Crippen molar-refractivity contribution < 1.29 is 14.4 Å². The summed E-state index contributed by atoms with van der Waals surface area (Å²) < 4.78 is 0. The number of likely N-dealkylation sites (N-methyl/N-ethyl adjacent to an activating group) is 1. The average molecular weight is 309 g/mol. The van der Waals surface area contributed by atoms with Gasteiger partial charge in [0.15, 0.2) is 0 Å². The van der Waals surface area contributed by atoms with Crippen LogP contribution in [0.25, 0.3) is 0 Å². The van der Waals surface area contributed by atoms with Crippen LogP contribution in [-0.4, -0.2) is 47.7 Å². The predicted octanol–water partition coefficient (Wildman–Crippen LogP) is 2.19. The normalized spacial score (nSPS) is 13.6. The number of unbranched alkanes of at least 4 members (excludes halogenated alkanes) is 1. The molecule has 0 spiro atoms. The Morgan fingerprint density at radius 3 is 2.57 bits per heavy atom.